The largest absolute Gasteiger partial charge is 0.387 e. The number of aromatic nitrogens is 1. The van der Waals surface area contributed by atoms with Crippen LogP contribution in [0.4, 0.5) is 5.69 Å². The van der Waals surface area contributed by atoms with E-state index in [2.05, 4.69) is 34.6 Å². The van der Waals surface area contributed by atoms with Crippen molar-refractivity contribution in [3.63, 3.8) is 0 Å². The zero-order valence-electron chi connectivity index (χ0n) is 11.8. The molecular formula is C14H22N4O. The summed E-state index contributed by atoms with van der Waals surface area (Å²) in [5.41, 5.74) is 4.40. The third kappa shape index (κ3) is 3.04. The maximum Gasteiger partial charge on any atom is 0.269 e. The molecule has 5 nitrogen and oxygen atoms in total. The van der Waals surface area contributed by atoms with Crippen molar-refractivity contribution in [1.29, 1.82) is 0 Å². The van der Waals surface area contributed by atoms with E-state index in [1.54, 1.807) is 25.5 Å². The second-order valence-electron chi connectivity index (χ2n) is 5.15. The lowest BCUT2D eigenvalue weighted by molar-refractivity contribution is 0.0370. The van der Waals surface area contributed by atoms with Crippen LogP contribution in [0.3, 0.4) is 0 Å². The van der Waals surface area contributed by atoms with Crippen molar-refractivity contribution in [3.05, 3.63) is 24.0 Å². The molecule has 2 heterocycles. The van der Waals surface area contributed by atoms with Crippen LogP contribution >= 0.6 is 0 Å². The molecule has 1 amide bonds. The molecule has 0 aromatic carbocycles. The Morgan fingerprint density at radius 2 is 2.05 bits per heavy atom. The van der Waals surface area contributed by atoms with Gasteiger partial charge < -0.3 is 5.32 Å². The van der Waals surface area contributed by atoms with Gasteiger partial charge in [-0.2, -0.15) is 0 Å². The van der Waals surface area contributed by atoms with Gasteiger partial charge in [0.2, 0.25) is 0 Å². The van der Waals surface area contributed by atoms with Gasteiger partial charge in [-0.3, -0.25) is 15.2 Å². The van der Waals surface area contributed by atoms with Gasteiger partial charge in [-0.15, -0.1) is 0 Å². The molecule has 0 radical (unpaired) electrons. The van der Waals surface area contributed by atoms with Gasteiger partial charge in [-0.25, -0.2) is 5.01 Å². The van der Waals surface area contributed by atoms with Crippen LogP contribution in [0.15, 0.2) is 18.5 Å². The fourth-order valence-electron chi connectivity index (χ4n) is 2.61. The van der Waals surface area contributed by atoms with E-state index < -0.39 is 0 Å². The van der Waals surface area contributed by atoms with E-state index >= 15 is 0 Å². The monoisotopic (exact) mass is 262 g/mol. The number of carbonyl (C=O) groups is 1. The van der Waals surface area contributed by atoms with Crippen LogP contribution in [0, 0.1) is 0 Å². The number of carbonyl (C=O) groups excluding carboxylic acids is 1. The predicted molar refractivity (Wildman–Crippen MR) is 75.9 cm³/mol. The standard InChI is InChI=1S/C14H22N4O/c1-10-5-4-6-11(2)18(10)17-14(19)12-9-16-8-7-13(12)15-3/h7-11H,4-6H2,1-3H3,(H,15,16)(H,17,19). The van der Waals surface area contributed by atoms with Gasteiger partial charge in [0.1, 0.15) is 0 Å². The van der Waals surface area contributed by atoms with Crippen molar-refractivity contribution in [2.75, 3.05) is 12.4 Å². The Morgan fingerprint density at radius 1 is 1.37 bits per heavy atom. The first-order chi connectivity index (χ1) is 9.13. The first-order valence-corrected chi connectivity index (χ1v) is 6.84. The Labute approximate surface area is 114 Å². The Bertz CT molecular complexity index is 439. The molecule has 2 rings (SSSR count). The molecule has 1 aromatic heterocycles. The molecule has 2 N–H and O–H groups in total. The predicted octanol–water partition coefficient (Wildman–Crippen LogP) is 2.03. The molecule has 1 aliphatic rings. The summed E-state index contributed by atoms with van der Waals surface area (Å²) in [6.45, 7) is 4.30. The number of piperidine rings is 1. The van der Waals surface area contributed by atoms with Crippen molar-refractivity contribution in [2.24, 2.45) is 0 Å². The number of hydrazine groups is 1. The molecule has 19 heavy (non-hydrogen) atoms. The van der Waals surface area contributed by atoms with Crippen molar-refractivity contribution in [2.45, 2.75) is 45.2 Å². The average molecular weight is 262 g/mol. The highest BCUT2D eigenvalue weighted by Crippen LogP contribution is 2.21. The van der Waals surface area contributed by atoms with Gasteiger partial charge in [0, 0.05) is 37.2 Å². The minimum atomic E-state index is -0.0990. The number of pyridine rings is 1. The summed E-state index contributed by atoms with van der Waals surface area (Å²) in [5.74, 6) is -0.0990. The maximum atomic E-state index is 12.4. The van der Waals surface area contributed by atoms with E-state index in [0.717, 1.165) is 18.5 Å². The quantitative estimate of drug-likeness (QED) is 0.875. The van der Waals surface area contributed by atoms with Crippen molar-refractivity contribution >= 4 is 11.6 Å². The summed E-state index contributed by atoms with van der Waals surface area (Å²) >= 11 is 0. The van der Waals surface area contributed by atoms with Crippen LogP contribution in [0.2, 0.25) is 0 Å². The fourth-order valence-corrected chi connectivity index (χ4v) is 2.61. The fraction of sp³-hybridized carbons (Fsp3) is 0.571. The second kappa shape index (κ2) is 6.02. The zero-order valence-corrected chi connectivity index (χ0v) is 11.8. The highest BCUT2D eigenvalue weighted by molar-refractivity contribution is 5.98. The maximum absolute atomic E-state index is 12.4. The summed E-state index contributed by atoms with van der Waals surface area (Å²) in [5, 5.41) is 5.08. The van der Waals surface area contributed by atoms with E-state index in [-0.39, 0.29) is 5.91 Å². The second-order valence-corrected chi connectivity index (χ2v) is 5.15. The summed E-state index contributed by atoms with van der Waals surface area (Å²) in [6, 6.07) is 2.56. The topological polar surface area (TPSA) is 57.3 Å². The zero-order chi connectivity index (χ0) is 13.8. The van der Waals surface area contributed by atoms with Crippen LogP contribution in [-0.2, 0) is 0 Å². The molecule has 0 aliphatic carbocycles. The van der Waals surface area contributed by atoms with E-state index in [4.69, 9.17) is 0 Å². The Kier molecular flexibility index (Phi) is 4.37. The Morgan fingerprint density at radius 3 is 2.68 bits per heavy atom. The SMILES string of the molecule is CNc1ccncc1C(=O)NN1C(C)CCCC1C. The number of rotatable bonds is 3. The van der Waals surface area contributed by atoms with Gasteiger partial charge in [0.05, 0.1) is 5.56 Å². The molecule has 1 saturated heterocycles. The molecule has 1 aliphatic heterocycles. The normalized spacial score (nSPS) is 23.9. The lowest BCUT2D eigenvalue weighted by Gasteiger charge is -2.38. The number of amides is 1. The van der Waals surface area contributed by atoms with E-state index in [0.29, 0.717) is 17.6 Å². The molecule has 1 fully saturated rings. The highest BCUT2D eigenvalue weighted by atomic mass is 16.2. The Balaban J connectivity index is 2.11. The van der Waals surface area contributed by atoms with Crippen LogP contribution in [0.25, 0.3) is 0 Å². The molecule has 2 unspecified atom stereocenters. The smallest absolute Gasteiger partial charge is 0.269 e. The van der Waals surface area contributed by atoms with Crippen LogP contribution in [0.5, 0.6) is 0 Å². The molecule has 5 heteroatoms. The van der Waals surface area contributed by atoms with Gasteiger partial charge >= 0.3 is 0 Å². The molecule has 104 valence electrons. The molecule has 0 spiro atoms. The number of nitrogens with one attached hydrogen (secondary N) is 2. The van der Waals surface area contributed by atoms with E-state index in [9.17, 15) is 4.79 Å². The third-order valence-electron chi connectivity index (χ3n) is 3.76. The summed E-state index contributed by atoms with van der Waals surface area (Å²) in [6.07, 6.45) is 6.74. The summed E-state index contributed by atoms with van der Waals surface area (Å²) in [7, 11) is 1.80. The van der Waals surface area contributed by atoms with Crippen LogP contribution < -0.4 is 10.7 Å². The lowest BCUT2D eigenvalue weighted by Crippen LogP contribution is -2.54. The lowest BCUT2D eigenvalue weighted by atomic mass is 10.00. The summed E-state index contributed by atoms with van der Waals surface area (Å²) < 4.78 is 0. The number of hydrogen-bond donors (Lipinski definition) is 2. The number of nitrogens with zero attached hydrogens (tertiary/aromatic N) is 2. The first-order valence-electron chi connectivity index (χ1n) is 6.84. The molecular weight excluding hydrogens is 240 g/mol. The number of anilines is 1. The van der Waals surface area contributed by atoms with Crippen LogP contribution in [0.1, 0.15) is 43.5 Å². The van der Waals surface area contributed by atoms with Gasteiger partial charge in [-0.1, -0.05) is 6.42 Å². The molecule has 0 bridgehead atoms. The van der Waals surface area contributed by atoms with Crippen molar-refractivity contribution in [3.8, 4) is 0 Å². The van der Waals surface area contributed by atoms with Gasteiger partial charge in [0.25, 0.3) is 5.91 Å². The molecule has 0 saturated carbocycles. The average Bonchev–Trinajstić information content (AvgIpc) is 2.42. The molecule has 1 aromatic rings. The van der Waals surface area contributed by atoms with Crippen molar-refractivity contribution in [1.82, 2.24) is 15.4 Å². The van der Waals surface area contributed by atoms with E-state index in [1.807, 2.05) is 0 Å². The number of hydrogen-bond acceptors (Lipinski definition) is 4. The summed E-state index contributed by atoms with van der Waals surface area (Å²) in [4.78, 5) is 16.4. The first kappa shape index (κ1) is 13.8. The Hall–Kier alpha value is -1.62. The van der Waals surface area contributed by atoms with Gasteiger partial charge in [-0.05, 0) is 32.8 Å². The van der Waals surface area contributed by atoms with Crippen LogP contribution in [-0.4, -0.2) is 35.0 Å². The van der Waals surface area contributed by atoms with Gasteiger partial charge in [0.15, 0.2) is 0 Å². The highest BCUT2D eigenvalue weighted by Gasteiger charge is 2.26. The minimum absolute atomic E-state index is 0.0990. The third-order valence-corrected chi connectivity index (χ3v) is 3.76. The minimum Gasteiger partial charge on any atom is -0.387 e. The van der Waals surface area contributed by atoms with E-state index in [1.165, 1.54) is 6.42 Å². The van der Waals surface area contributed by atoms with Crippen molar-refractivity contribution < 1.29 is 4.79 Å². The molecule has 2 atom stereocenters.